The largest absolute Gasteiger partial charge is 0.394 e. The van der Waals surface area contributed by atoms with Crippen LogP contribution in [0.2, 0.25) is 0 Å². The lowest BCUT2D eigenvalue weighted by Gasteiger charge is -1.95. The maximum absolute atomic E-state index is 5.97. The molecule has 3 rings (SSSR count). The number of rotatable bonds is 1. The smallest absolute Gasteiger partial charge is 0.192 e. The van der Waals surface area contributed by atoms with Crippen molar-refractivity contribution in [3.8, 4) is 11.3 Å². The van der Waals surface area contributed by atoms with Gasteiger partial charge >= 0.3 is 0 Å². The molecule has 0 unspecified atom stereocenters. The number of aryl methyl sites for hydroxylation is 2. The van der Waals surface area contributed by atoms with Crippen LogP contribution in [-0.2, 0) is 7.05 Å². The van der Waals surface area contributed by atoms with E-state index in [1.54, 1.807) is 0 Å². The van der Waals surface area contributed by atoms with E-state index in [1.807, 2.05) is 32.3 Å². The van der Waals surface area contributed by atoms with Gasteiger partial charge in [0.1, 0.15) is 11.4 Å². The Morgan fingerprint density at radius 3 is 2.76 bits per heavy atom. The standard InChI is InChI=1S/C13H13N3O/c1-8-12(14)13(17-15-8)10-7-16(2)11-6-4-3-5-9(10)11/h3-7H,14H2,1-2H3. The molecule has 0 aliphatic heterocycles. The predicted octanol–water partition coefficient (Wildman–Crippen LogP) is 2.72. The van der Waals surface area contributed by atoms with Gasteiger partial charge in [0.05, 0.1) is 0 Å². The lowest BCUT2D eigenvalue weighted by Crippen LogP contribution is -1.87. The minimum Gasteiger partial charge on any atom is -0.394 e. The van der Waals surface area contributed by atoms with Crippen LogP contribution in [0.1, 0.15) is 5.69 Å². The molecule has 0 bridgehead atoms. The van der Waals surface area contributed by atoms with Gasteiger partial charge in [-0.1, -0.05) is 23.4 Å². The number of aromatic nitrogens is 2. The summed E-state index contributed by atoms with van der Waals surface area (Å²) >= 11 is 0. The van der Waals surface area contributed by atoms with Crippen LogP contribution in [0, 0.1) is 6.92 Å². The number of benzene rings is 1. The van der Waals surface area contributed by atoms with Crippen molar-refractivity contribution in [1.82, 2.24) is 9.72 Å². The Balaban J connectivity index is 2.35. The number of para-hydroxylation sites is 1. The molecular weight excluding hydrogens is 214 g/mol. The molecule has 0 saturated carbocycles. The fourth-order valence-electron chi connectivity index (χ4n) is 2.09. The molecule has 17 heavy (non-hydrogen) atoms. The molecular formula is C13H13N3O. The van der Waals surface area contributed by atoms with E-state index in [9.17, 15) is 0 Å². The third kappa shape index (κ3) is 1.34. The van der Waals surface area contributed by atoms with Crippen LogP contribution in [0.15, 0.2) is 35.0 Å². The average Bonchev–Trinajstić information content (AvgIpc) is 2.83. The van der Waals surface area contributed by atoms with Crippen molar-refractivity contribution in [1.29, 1.82) is 0 Å². The van der Waals surface area contributed by atoms with E-state index in [-0.39, 0.29) is 0 Å². The van der Waals surface area contributed by atoms with E-state index in [2.05, 4.69) is 21.9 Å². The lowest BCUT2D eigenvalue weighted by molar-refractivity contribution is 0.427. The maximum atomic E-state index is 5.97. The molecule has 86 valence electrons. The number of fused-ring (bicyclic) bond motifs is 1. The number of anilines is 1. The molecule has 0 amide bonds. The molecule has 4 nitrogen and oxygen atoms in total. The fourth-order valence-corrected chi connectivity index (χ4v) is 2.09. The lowest BCUT2D eigenvalue weighted by atomic mass is 10.1. The Morgan fingerprint density at radius 1 is 1.29 bits per heavy atom. The second kappa shape index (κ2) is 3.38. The van der Waals surface area contributed by atoms with Gasteiger partial charge < -0.3 is 14.8 Å². The van der Waals surface area contributed by atoms with E-state index in [1.165, 1.54) is 0 Å². The van der Waals surface area contributed by atoms with E-state index in [0.717, 1.165) is 22.2 Å². The Kier molecular flexibility index (Phi) is 1.98. The second-order valence-corrected chi connectivity index (χ2v) is 4.18. The molecule has 2 N–H and O–H groups in total. The highest BCUT2D eigenvalue weighted by Gasteiger charge is 2.16. The van der Waals surface area contributed by atoms with E-state index in [0.29, 0.717) is 11.4 Å². The summed E-state index contributed by atoms with van der Waals surface area (Å²) in [5.74, 6) is 0.652. The Hall–Kier alpha value is -2.23. The minimum absolute atomic E-state index is 0.612. The van der Waals surface area contributed by atoms with Crippen LogP contribution in [0.4, 0.5) is 5.69 Å². The van der Waals surface area contributed by atoms with Crippen molar-refractivity contribution in [2.45, 2.75) is 6.92 Å². The summed E-state index contributed by atoms with van der Waals surface area (Å²) in [6.07, 6.45) is 2.01. The molecule has 4 heteroatoms. The molecule has 1 aromatic carbocycles. The molecule has 2 heterocycles. The molecule has 0 aliphatic carbocycles. The number of nitrogens with zero attached hydrogens (tertiary/aromatic N) is 2. The van der Waals surface area contributed by atoms with Gasteiger partial charge in [-0.2, -0.15) is 0 Å². The highest BCUT2D eigenvalue weighted by molar-refractivity contribution is 5.97. The van der Waals surface area contributed by atoms with Gasteiger partial charge in [0.25, 0.3) is 0 Å². The third-order valence-corrected chi connectivity index (χ3v) is 3.05. The summed E-state index contributed by atoms with van der Waals surface area (Å²) in [6.45, 7) is 1.84. The fraction of sp³-hybridized carbons (Fsp3) is 0.154. The molecule has 0 spiro atoms. The highest BCUT2D eigenvalue weighted by Crippen LogP contribution is 2.34. The summed E-state index contributed by atoms with van der Waals surface area (Å²) in [6, 6.07) is 8.15. The molecule has 2 aromatic heterocycles. The SMILES string of the molecule is Cc1noc(-c2cn(C)c3ccccc23)c1N. The summed E-state index contributed by atoms with van der Waals surface area (Å²) in [5.41, 5.74) is 9.45. The number of nitrogen functional groups attached to an aromatic ring is 1. The van der Waals surface area contributed by atoms with Crippen LogP contribution < -0.4 is 5.73 Å². The van der Waals surface area contributed by atoms with Crippen LogP contribution >= 0.6 is 0 Å². The number of nitrogens with two attached hydrogens (primary N) is 1. The van der Waals surface area contributed by atoms with Crippen LogP contribution in [0.3, 0.4) is 0 Å². The molecule has 0 atom stereocenters. The molecule has 0 aliphatic rings. The maximum Gasteiger partial charge on any atom is 0.192 e. The molecule has 3 aromatic rings. The van der Waals surface area contributed by atoms with Crippen LogP contribution in [0.25, 0.3) is 22.2 Å². The van der Waals surface area contributed by atoms with Crippen molar-refractivity contribution >= 4 is 16.6 Å². The number of hydrogen-bond donors (Lipinski definition) is 1. The number of hydrogen-bond acceptors (Lipinski definition) is 3. The molecule has 0 radical (unpaired) electrons. The summed E-state index contributed by atoms with van der Waals surface area (Å²) in [5, 5.41) is 5.02. The molecule has 0 saturated heterocycles. The third-order valence-electron chi connectivity index (χ3n) is 3.05. The first kappa shape index (κ1) is 9.96. The zero-order valence-corrected chi connectivity index (χ0v) is 9.77. The van der Waals surface area contributed by atoms with Gasteiger partial charge in [0.2, 0.25) is 0 Å². The van der Waals surface area contributed by atoms with Crippen molar-refractivity contribution in [2.75, 3.05) is 5.73 Å². The average molecular weight is 227 g/mol. The van der Waals surface area contributed by atoms with Crippen molar-refractivity contribution < 1.29 is 4.52 Å². The Bertz CT molecular complexity index is 694. The van der Waals surface area contributed by atoms with E-state index < -0.39 is 0 Å². The first-order valence-corrected chi connectivity index (χ1v) is 5.44. The van der Waals surface area contributed by atoms with Crippen molar-refractivity contribution in [3.05, 3.63) is 36.2 Å². The van der Waals surface area contributed by atoms with Crippen molar-refractivity contribution in [2.24, 2.45) is 7.05 Å². The normalized spacial score (nSPS) is 11.2. The van der Waals surface area contributed by atoms with Gasteiger partial charge in [0.15, 0.2) is 5.76 Å². The van der Waals surface area contributed by atoms with Gasteiger partial charge in [-0.15, -0.1) is 0 Å². The Labute approximate surface area is 98.6 Å². The van der Waals surface area contributed by atoms with Crippen LogP contribution in [-0.4, -0.2) is 9.72 Å². The molecule has 0 fully saturated rings. The van der Waals surface area contributed by atoms with Gasteiger partial charge in [-0.25, -0.2) is 0 Å². The van der Waals surface area contributed by atoms with Gasteiger partial charge in [-0.3, -0.25) is 0 Å². The second-order valence-electron chi connectivity index (χ2n) is 4.18. The van der Waals surface area contributed by atoms with Crippen molar-refractivity contribution in [3.63, 3.8) is 0 Å². The Morgan fingerprint density at radius 2 is 2.06 bits per heavy atom. The van der Waals surface area contributed by atoms with Crippen LogP contribution in [0.5, 0.6) is 0 Å². The first-order valence-electron chi connectivity index (χ1n) is 5.44. The highest BCUT2D eigenvalue weighted by atomic mass is 16.5. The zero-order valence-electron chi connectivity index (χ0n) is 9.77. The quantitative estimate of drug-likeness (QED) is 0.695. The zero-order chi connectivity index (χ0) is 12.0. The van der Waals surface area contributed by atoms with Gasteiger partial charge in [-0.05, 0) is 13.0 Å². The summed E-state index contributed by atoms with van der Waals surface area (Å²) < 4.78 is 7.37. The van der Waals surface area contributed by atoms with Gasteiger partial charge in [0, 0.05) is 29.7 Å². The summed E-state index contributed by atoms with van der Waals surface area (Å²) in [4.78, 5) is 0. The van der Waals surface area contributed by atoms with E-state index >= 15 is 0 Å². The minimum atomic E-state index is 0.612. The monoisotopic (exact) mass is 227 g/mol. The summed E-state index contributed by atoms with van der Waals surface area (Å²) in [7, 11) is 2.01. The predicted molar refractivity (Wildman–Crippen MR) is 67.6 cm³/mol. The topological polar surface area (TPSA) is 57.0 Å². The van der Waals surface area contributed by atoms with E-state index in [4.69, 9.17) is 10.3 Å². The first-order chi connectivity index (χ1) is 8.18.